The van der Waals surface area contributed by atoms with Gasteiger partial charge in [-0.25, -0.2) is 18.4 Å². The van der Waals surface area contributed by atoms with Crippen molar-refractivity contribution in [1.29, 1.82) is 0 Å². The molecule has 0 aliphatic rings. The second-order valence-corrected chi connectivity index (χ2v) is 8.99. The van der Waals surface area contributed by atoms with E-state index in [4.69, 9.17) is 16.3 Å². The van der Waals surface area contributed by atoms with Crippen LogP contribution in [0.4, 0.5) is 18.6 Å². The van der Waals surface area contributed by atoms with Gasteiger partial charge in [-0.05, 0) is 50.6 Å². The van der Waals surface area contributed by atoms with Crippen molar-refractivity contribution in [1.82, 2.24) is 14.6 Å². The number of nitrogens with zero attached hydrogens (tertiary/aromatic N) is 2. The number of aromatic nitrogens is 1. The van der Waals surface area contributed by atoms with E-state index >= 15 is 0 Å². The molecule has 0 saturated carbocycles. The first kappa shape index (κ1) is 27.7. The van der Waals surface area contributed by atoms with Crippen molar-refractivity contribution in [3.05, 3.63) is 39.9 Å². The number of benzene rings is 1. The topological polar surface area (TPSA) is 124 Å². The number of likely N-dealkylation sites (N-methyl/N-ethyl adjacent to an activating group) is 1. The lowest BCUT2D eigenvalue weighted by molar-refractivity contribution is 0.0693. The maximum absolute atomic E-state index is 13.9. The number of aromatic carboxylic acids is 1. The van der Waals surface area contributed by atoms with Crippen LogP contribution in [-0.4, -0.2) is 64.8 Å². The Hall–Kier alpha value is -2.54. The highest BCUT2D eigenvalue weighted by Gasteiger charge is 2.24. The molecular weight excluding hydrogens is 494 g/mol. The first-order valence-electron chi connectivity index (χ1n) is 10.4. The summed E-state index contributed by atoms with van der Waals surface area (Å²) in [5, 5.41) is 24.1. The van der Waals surface area contributed by atoms with E-state index < -0.39 is 47.5 Å². The van der Waals surface area contributed by atoms with Crippen LogP contribution >= 0.6 is 23.1 Å². The smallest absolute Gasteiger partial charge is 0.344 e. The Kier molecular flexibility index (Phi) is 10.9. The number of aliphatic hydroxyl groups excluding tert-OH is 1. The van der Waals surface area contributed by atoms with Crippen molar-refractivity contribution in [2.45, 2.75) is 38.4 Å². The number of unbranched alkanes of at least 4 members (excludes halogenated alkanes) is 2. The molecule has 34 heavy (non-hydrogen) atoms. The first-order valence-corrected chi connectivity index (χ1v) is 11.6. The van der Waals surface area contributed by atoms with Gasteiger partial charge in [-0.3, -0.25) is 5.32 Å². The van der Waals surface area contributed by atoms with E-state index in [1.54, 1.807) is 0 Å². The lowest BCUT2D eigenvalue weighted by Gasteiger charge is -2.15. The van der Waals surface area contributed by atoms with Gasteiger partial charge in [-0.2, -0.15) is 4.37 Å². The van der Waals surface area contributed by atoms with Gasteiger partial charge < -0.3 is 25.2 Å². The number of carboxylic acids is 1. The van der Waals surface area contributed by atoms with Crippen LogP contribution in [0.25, 0.3) is 0 Å². The van der Waals surface area contributed by atoms with E-state index in [2.05, 4.69) is 15.0 Å². The highest BCUT2D eigenvalue weighted by molar-refractivity contribution is 7.11. The van der Waals surface area contributed by atoms with Crippen molar-refractivity contribution in [2.75, 3.05) is 32.5 Å². The lowest BCUT2D eigenvalue weighted by Crippen LogP contribution is -2.29. The Morgan fingerprint density at radius 3 is 2.53 bits per heavy atom. The van der Waals surface area contributed by atoms with E-state index in [0.29, 0.717) is 37.5 Å². The number of hydrogen-bond donors (Lipinski definition) is 4. The van der Waals surface area contributed by atoms with Crippen LogP contribution in [0.2, 0.25) is 5.02 Å². The third-order valence-corrected chi connectivity index (χ3v) is 5.60. The predicted octanol–water partition coefficient (Wildman–Crippen LogP) is 3.96. The van der Waals surface area contributed by atoms with E-state index in [1.165, 1.54) is 0 Å². The molecule has 0 spiro atoms. The molecule has 0 radical (unpaired) electrons. The molecule has 1 unspecified atom stereocenters. The van der Waals surface area contributed by atoms with Crippen molar-refractivity contribution in [2.24, 2.45) is 0 Å². The minimum Gasteiger partial charge on any atom is -0.477 e. The molecule has 188 valence electrons. The SMILES string of the molecule is CN(C)CC(O)CCCCCNC(=O)Nc1snc(OCc2c(F)cc(Cl)cc2F)c1C(=O)O. The zero-order valence-corrected chi connectivity index (χ0v) is 20.3. The standard InChI is InChI=1S/C21H27ClF2N4O5S/c1-28(2)10-13(29)6-4-3-5-7-25-21(32)26-19-17(20(30)31)18(27-34-19)33-11-14-15(23)8-12(22)9-16(14)24/h8-9,13,29H,3-7,10-11H2,1-2H3,(H,30,31)(H2,25,26,32). The van der Waals surface area contributed by atoms with Gasteiger partial charge >= 0.3 is 12.0 Å². The van der Waals surface area contributed by atoms with Gasteiger partial charge in [0, 0.05) is 18.1 Å². The zero-order chi connectivity index (χ0) is 25.3. The summed E-state index contributed by atoms with van der Waals surface area (Å²) < 4.78 is 36.9. The van der Waals surface area contributed by atoms with Gasteiger partial charge in [0.05, 0.1) is 11.7 Å². The second kappa shape index (κ2) is 13.4. The maximum atomic E-state index is 13.9. The average molecular weight is 521 g/mol. The average Bonchev–Trinajstić information content (AvgIpc) is 3.11. The summed E-state index contributed by atoms with van der Waals surface area (Å²) in [6.07, 6.45) is 2.58. The summed E-state index contributed by atoms with van der Waals surface area (Å²) in [5.74, 6) is -3.69. The number of ether oxygens (including phenoxy) is 1. The third-order valence-electron chi connectivity index (χ3n) is 4.64. The predicted molar refractivity (Wildman–Crippen MR) is 125 cm³/mol. The molecule has 2 amide bonds. The molecule has 2 rings (SSSR count). The minimum atomic E-state index is -1.42. The fraction of sp³-hybridized carbons (Fsp3) is 0.476. The summed E-state index contributed by atoms with van der Waals surface area (Å²) in [6, 6.07) is 1.19. The number of rotatable bonds is 13. The maximum Gasteiger partial charge on any atom is 0.344 e. The number of carbonyl (C=O) groups is 2. The van der Waals surface area contributed by atoms with Gasteiger partial charge in [0.2, 0.25) is 5.88 Å². The van der Waals surface area contributed by atoms with Gasteiger partial charge in [0.25, 0.3) is 0 Å². The highest BCUT2D eigenvalue weighted by atomic mass is 35.5. The van der Waals surface area contributed by atoms with Crippen LogP contribution in [0.1, 0.15) is 41.6 Å². The Bertz CT molecular complexity index is 969. The van der Waals surface area contributed by atoms with Gasteiger partial charge in [-0.15, -0.1) is 0 Å². The Morgan fingerprint density at radius 2 is 1.91 bits per heavy atom. The molecule has 0 aliphatic heterocycles. The molecule has 9 nitrogen and oxygen atoms in total. The number of carbonyl (C=O) groups excluding carboxylic acids is 1. The van der Waals surface area contributed by atoms with Crippen LogP contribution in [-0.2, 0) is 6.61 Å². The fourth-order valence-corrected chi connectivity index (χ4v) is 3.96. The number of urea groups is 1. The molecule has 13 heteroatoms. The van der Waals surface area contributed by atoms with E-state index in [9.17, 15) is 28.6 Å². The van der Waals surface area contributed by atoms with E-state index in [1.807, 2.05) is 19.0 Å². The molecule has 0 bridgehead atoms. The molecular formula is C21H27ClF2N4O5S. The number of carboxylic acid groups (broad SMARTS) is 1. The van der Waals surface area contributed by atoms with Crippen LogP contribution in [0, 0.1) is 11.6 Å². The second-order valence-electron chi connectivity index (χ2n) is 7.78. The largest absolute Gasteiger partial charge is 0.477 e. The molecule has 1 atom stereocenters. The highest BCUT2D eigenvalue weighted by Crippen LogP contribution is 2.31. The molecule has 1 aromatic carbocycles. The number of halogens is 3. The van der Waals surface area contributed by atoms with Crippen LogP contribution in [0.5, 0.6) is 5.88 Å². The molecule has 2 aromatic rings. The molecule has 4 N–H and O–H groups in total. The fourth-order valence-electron chi connectivity index (χ4n) is 3.04. The van der Waals surface area contributed by atoms with Crippen LogP contribution in [0.15, 0.2) is 12.1 Å². The number of anilines is 1. The van der Waals surface area contributed by atoms with Crippen LogP contribution < -0.4 is 15.4 Å². The van der Waals surface area contributed by atoms with Crippen molar-refractivity contribution >= 4 is 40.1 Å². The van der Waals surface area contributed by atoms with Crippen LogP contribution in [0.3, 0.4) is 0 Å². The van der Waals surface area contributed by atoms with Crippen molar-refractivity contribution in [3.63, 3.8) is 0 Å². The number of nitrogens with one attached hydrogen (secondary N) is 2. The molecule has 0 fully saturated rings. The van der Waals surface area contributed by atoms with Crippen molar-refractivity contribution in [3.8, 4) is 5.88 Å². The summed E-state index contributed by atoms with van der Waals surface area (Å²) in [7, 11) is 3.78. The first-order chi connectivity index (χ1) is 16.1. The summed E-state index contributed by atoms with van der Waals surface area (Å²) >= 11 is 6.25. The normalized spacial score (nSPS) is 12.0. The van der Waals surface area contributed by atoms with E-state index in [-0.39, 0.29) is 15.9 Å². The van der Waals surface area contributed by atoms with Gasteiger partial charge in [0.15, 0.2) is 5.56 Å². The summed E-state index contributed by atoms with van der Waals surface area (Å²) in [6.45, 7) is 0.333. The molecule has 1 aromatic heterocycles. The van der Waals surface area contributed by atoms with Crippen molar-refractivity contribution < 1.29 is 33.3 Å². The Morgan fingerprint density at radius 1 is 1.24 bits per heavy atom. The summed E-state index contributed by atoms with van der Waals surface area (Å²) in [4.78, 5) is 25.7. The van der Waals surface area contributed by atoms with Gasteiger partial charge in [0.1, 0.15) is 23.2 Å². The zero-order valence-electron chi connectivity index (χ0n) is 18.7. The molecule has 0 saturated heterocycles. The molecule has 1 heterocycles. The van der Waals surface area contributed by atoms with Gasteiger partial charge in [-0.1, -0.05) is 24.4 Å². The molecule has 0 aliphatic carbocycles. The third kappa shape index (κ3) is 8.67. The quantitative estimate of drug-likeness (QED) is 0.295. The van der Waals surface area contributed by atoms with E-state index in [0.717, 1.165) is 25.0 Å². The lowest BCUT2D eigenvalue weighted by atomic mass is 10.1. The number of aliphatic hydroxyl groups is 1. The minimum absolute atomic E-state index is 0.0798. The Labute approximate surface area is 204 Å². The monoisotopic (exact) mass is 520 g/mol. The Balaban J connectivity index is 1.85. The number of hydrogen-bond acceptors (Lipinski definition) is 7. The summed E-state index contributed by atoms with van der Waals surface area (Å²) in [5.41, 5.74) is -0.861. The number of amides is 2.